The second-order valence-electron chi connectivity index (χ2n) is 9.41. The maximum atomic E-state index is 13.5. The zero-order valence-electron chi connectivity index (χ0n) is 23.0. The molecule has 0 bridgehead atoms. The van der Waals surface area contributed by atoms with E-state index in [9.17, 15) is 19.5 Å². The van der Waals surface area contributed by atoms with Crippen LogP contribution in [0, 0.1) is 12.8 Å². The van der Waals surface area contributed by atoms with Gasteiger partial charge in [0.2, 0.25) is 0 Å². The van der Waals surface area contributed by atoms with E-state index >= 15 is 0 Å². The predicted molar refractivity (Wildman–Crippen MR) is 149 cm³/mol. The molecule has 1 amide bonds. The molecule has 0 saturated carbocycles. The summed E-state index contributed by atoms with van der Waals surface area (Å²) in [6.07, 6.45) is 0. The van der Waals surface area contributed by atoms with Gasteiger partial charge in [0.05, 0.1) is 39.2 Å². The molecule has 3 aromatic rings. The number of thiazole rings is 1. The standard InChI is InChI=1S/C29H30N2O8S/c1-15(2)14-39-18-9-7-17(8-10-18)24(32)22-23(20-12-11-19(36-4)13-21(20)37-5)31(27(34)25(22)33)29-30-16(3)26(40-29)28(35)38-6/h7-13,15,23,32H,14H2,1-6H3/b24-22+. The summed E-state index contributed by atoms with van der Waals surface area (Å²) in [5.41, 5.74) is 0.911. The molecule has 2 aromatic carbocycles. The molecule has 1 unspecified atom stereocenters. The lowest BCUT2D eigenvalue weighted by molar-refractivity contribution is -0.132. The molecule has 0 radical (unpaired) electrons. The number of hydrogen-bond acceptors (Lipinski definition) is 10. The van der Waals surface area contributed by atoms with Crippen LogP contribution in [0.3, 0.4) is 0 Å². The third-order valence-electron chi connectivity index (χ3n) is 6.25. The van der Waals surface area contributed by atoms with E-state index in [1.54, 1.807) is 49.4 Å². The second-order valence-corrected chi connectivity index (χ2v) is 10.4. The number of nitrogens with zero attached hydrogens (tertiary/aromatic N) is 2. The number of Topliss-reactive ketones (excluding diaryl/α,β-unsaturated/α-hetero) is 1. The molecule has 1 saturated heterocycles. The number of rotatable bonds is 9. The first kappa shape index (κ1) is 28.6. The Kier molecular flexibility index (Phi) is 8.43. The van der Waals surface area contributed by atoms with Gasteiger partial charge in [-0.2, -0.15) is 0 Å². The summed E-state index contributed by atoms with van der Waals surface area (Å²) >= 11 is 0.915. The van der Waals surface area contributed by atoms with Gasteiger partial charge in [-0.05, 0) is 49.2 Å². The number of esters is 1. The number of aliphatic hydroxyl groups excluding tert-OH is 1. The van der Waals surface area contributed by atoms with Crippen LogP contribution in [0.4, 0.5) is 5.13 Å². The Morgan fingerprint density at radius 1 is 1.05 bits per heavy atom. The van der Waals surface area contributed by atoms with Gasteiger partial charge >= 0.3 is 11.9 Å². The lowest BCUT2D eigenvalue weighted by Gasteiger charge is -2.24. The van der Waals surface area contributed by atoms with E-state index in [-0.39, 0.29) is 21.3 Å². The lowest BCUT2D eigenvalue weighted by atomic mass is 9.94. The molecule has 4 rings (SSSR count). The van der Waals surface area contributed by atoms with Gasteiger partial charge in [-0.25, -0.2) is 9.78 Å². The molecule has 1 aliphatic heterocycles. The molecule has 11 heteroatoms. The van der Waals surface area contributed by atoms with Crippen molar-refractivity contribution >= 4 is 39.9 Å². The van der Waals surface area contributed by atoms with Crippen molar-refractivity contribution < 1.29 is 38.4 Å². The highest BCUT2D eigenvalue weighted by Gasteiger charge is 2.49. The zero-order chi connectivity index (χ0) is 29.1. The Bertz CT molecular complexity index is 1480. The van der Waals surface area contributed by atoms with Crippen LogP contribution in [-0.2, 0) is 14.3 Å². The van der Waals surface area contributed by atoms with E-state index in [1.165, 1.54) is 26.2 Å². The molecular formula is C29H30N2O8S. The Labute approximate surface area is 235 Å². The number of carbonyl (C=O) groups excluding carboxylic acids is 3. The van der Waals surface area contributed by atoms with Crippen molar-refractivity contribution in [2.24, 2.45) is 5.92 Å². The average molecular weight is 567 g/mol. The van der Waals surface area contributed by atoms with Gasteiger partial charge in [0.1, 0.15) is 33.9 Å². The van der Waals surface area contributed by atoms with Crippen LogP contribution < -0.4 is 19.1 Å². The molecule has 1 aliphatic rings. The minimum atomic E-state index is -1.12. The number of carbonyl (C=O) groups is 3. The van der Waals surface area contributed by atoms with Gasteiger partial charge in [-0.3, -0.25) is 14.5 Å². The number of amides is 1. The van der Waals surface area contributed by atoms with Crippen molar-refractivity contribution in [2.75, 3.05) is 32.8 Å². The highest BCUT2D eigenvalue weighted by Crippen LogP contribution is 2.47. The largest absolute Gasteiger partial charge is 0.507 e. The van der Waals surface area contributed by atoms with Crippen LogP contribution >= 0.6 is 11.3 Å². The summed E-state index contributed by atoms with van der Waals surface area (Å²) in [6, 6.07) is 10.4. The molecule has 0 aliphatic carbocycles. The predicted octanol–water partition coefficient (Wildman–Crippen LogP) is 4.92. The Morgan fingerprint density at radius 2 is 1.73 bits per heavy atom. The van der Waals surface area contributed by atoms with Crippen LogP contribution in [0.25, 0.3) is 5.76 Å². The van der Waals surface area contributed by atoms with Crippen molar-refractivity contribution in [3.63, 3.8) is 0 Å². The Morgan fingerprint density at radius 3 is 2.33 bits per heavy atom. The molecule has 2 heterocycles. The maximum absolute atomic E-state index is 13.5. The van der Waals surface area contributed by atoms with E-state index in [0.29, 0.717) is 46.6 Å². The zero-order valence-corrected chi connectivity index (χ0v) is 23.8. The number of ether oxygens (including phenoxy) is 4. The molecule has 1 N–H and O–H groups in total. The third kappa shape index (κ3) is 5.37. The number of benzene rings is 2. The SMILES string of the molecule is COC(=O)c1sc(N2C(=O)C(=O)/C(=C(/O)c3ccc(OCC(C)C)cc3)C2c2ccc(OC)cc2OC)nc1C. The fraction of sp³-hybridized carbons (Fsp3) is 0.310. The van der Waals surface area contributed by atoms with Crippen molar-refractivity contribution in [3.8, 4) is 17.2 Å². The summed E-state index contributed by atoms with van der Waals surface area (Å²) in [7, 11) is 4.19. The van der Waals surface area contributed by atoms with Crippen molar-refractivity contribution in [3.05, 3.63) is 69.7 Å². The average Bonchev–Trinajstić information content (AvgIpc) is 3.46. The first-order valence-corrected chi connectivity index (χ1v) is 13.2. The number of aliphatic hydroxyl groups is 1. The number of hydrogen-bond donors (Lipinski definition) is 1. The van der Waals surface area contributed by atoms with Gasteiger partial charge in [0, 0.05) is 17.2 Å². The first-order chi connectivity index (χ1) is 19.1. The smallest absolute Gasteiger partial charge is 0.350 e. The molecule has 0 spiro atoms. The monoisotopic (exact) mass is 566 g/mol. The fourth-order valence-electron chi connectivity index (χ4n) is 4.26. The molecule has 10 nitrogen and oxygen atoms in total. The second kappa shape index (κ2) is 11.8. The van der Waals surface area contributed by atoms with Crippen molar-refractivity contribution in [2.45, 2.75) is 26.8 Å². The van der Waals surface area contributed by atoms with Crippen molar-refractivity contribution in [1.29, 1.82) is 0 Å². The highest BCUT2D eigenvalue weighted by molar-refractivity contribution is 7.17. The summed E-state index contributed by atoms with van der Waals surface area (Å²) in [5, 5.41) is 11.5. The van der Waals surface area contributed by atoms with Gasteiger partial charge < -0.3 is 24.1 Å². The first-order valence-electron chi connectivity index (χ1n) is 12.4. The van der Waals surface area contributed by atoms with E-state index in [0.717, 1.165) is 11.3 Å². The van der Waals surface area contributed by atoms with Crippen LogP contribution in [0.2, 0.25) is 0 Å². The van der Waals surface area contributed by atoms with Crippen LogP contribution in [-0.4, -0.2) is 55.7 Å². The number of aromatic nitrogens is 1. The normalized spacial score (nSPS) is 16.4. The molecule has 210 valence electrons. The highest BCUT2D eigenvalue weighted by atomic mass is 32.1. The van der Waals surface area contributed by atoms with Crippen LogP contribution in [0.1, 0.15) is 46.4 Å². The van der Waals surface area contributed by atoms with Gasteiger partial charge in [0.25, 0.3) is 5.78 Å². The van der Waals surface area contributed by atoms with Crippen molar-refractivity contribution in [1.82, 2.24) is 4.98 Å². The van der Waals surface area contributed by atoms with Crippen LogP contribution in [0.15, 0.2) is 48.0 Å². The van der Waals surface area contributed by atoms with Gasteiger partial charge in [-0.1, -0.05) is 25.2 Å². The van der Waals surface area contributed by atoms with Gasteiger partial charge in [-0.15, -0.1) is 0 Å². The minimum Gasteiger partial charge on any atom is -0.507 e. The minimum absolute atomic E-state index is 0.0966. The molecule has 40 heavy (non-hydrogen) atoms. The quantitative estimate of drug-likeness (QED) is 0.166. The Balaban J connectivity index is 1.90. The van der Waals surface area contributed by atoms with E-state index in [1.807, 2.05) is 13.8 Å². The number of anilines is 1. The molecule has 1 atom stereocenters. The van der Waals surface area contributed by atoms with E-state index in [2.05, 4.69) is 4.98 Å². The van der Waals surface area contributed by atoms with Gasteiger partial charge in [0.15, 0.2) is 5.13 Å². The number of ketones is 1. The maximum Gasteiger partial charge on any atom is 0.350 e. The lowest BCUT2D eigenvalue weighted by Crippen LogP contribution is -2.29. The molecule has 1 fully saturated rings. The van der Waals surface area contributed by atoms with E-state index < -0.39 is 23.7 Å². The van der Waals surface area contributed by atoms with E-state index in [4.69, 9.17) is 18.9 Å². The number of methoxy groups -OCH3 is 3. The van der Waals surface area contributed by atoms with Crippen LogP contribution in [0.5, 0.6) is 17.2 Å². The molecule has 1 aromatic heterocycles. The summed E-state index contributed by atoms with van der Waals surface area (Å²) in [5.74, 6) is -1.06. The molecular weight excluding hydrogens is 536 g/mol. The Hall–Kier alpha value is -4.38. The topological polar surface area (TPSA) is 124 Å². The summed E-state index contributed by atoms with van der Waals surface area (Å²) in [6.45, 7) is 6.19. The fourth-order valence-corrected chi connectivity index (χ4v) is 5.27. The third-order valence-corrected chi connectivity index (χ3v) is 7.39. The summed E-state index contributed by atoms with van der Waals surface area (Å²) < 4.78 is 21.5. The number of aryl methyl sites for hydroxylation is 1. The summed E-state index contributed by atoms with van der Waals surface area (Å²) in [4.78, 5) is 45.1.